The van der Waals surface area contributed by atoms with E-state index in [-0.39, 0.29) is 12.2 Å². The number of likely N-dealkylation sites (tertiary alicyclic amines) is 1. The number of ether oxygens (including phenoxy) is 2. The van der Waals surface area contributed by atoms with Crippen molar-refractivity contribution in [2.24, 2.45) is 0 Å². The fourth-order valence-corrected chi connectivity index (χ4v) is 3.86. The molecule has 6 nitrogen and oxygen atoms in total. The molecule has 0 saturated carbocycles. The highest BCUT2D eigenvalue weighted by molar-refractivity contribution is 5.13. The molecule has 2 aliphatic heterocycles. The van der Waals surface area contributed by atoms with Crippen molar-refractivity contribution in [2.45, 2.75) is 51.0 Å². The lowest BCUT2D eigenvalue weighted by molar-refractivity contribution is -0.0827. The summed E-state index contributed by atoms with van der Waals surface area (Å²) >= 11 is 0. The molecular formula is C19H25N3O3. The third-order valence-electron chi connectivity index (χ3n) is 5.11. The zero-order valence-corrected chi connectivity index (χ0v) is 14.6. The van der Waals surface area contributed by atoms with E-state index in [0.29, 0.717) is 24.4 Å². The summed E-state index contributed by atoms with van der Waals surface area (Å²) in [6.07, 6.45) is 3.32. The Kier molecular flexibility index (Phi) is 5.10. The molecule has 2 saturated heterocycles. The van der Waals surface area contributed by atoms with E-state index < -0.39 is 0 Å². The Morgan fingerprint density at radius 1 is 1.16 bits per heavy atom. The molecule has 4 rings (SSSR count). The van der Waals surface area contributed by atoms with Gasteiger partial charge in [0, 0.05) is 26.1 Å². The number of hydrogen-bond acceptors (Lipinski definition) is 6. The second-order valence-corrected chi connectivity index (χ2v) is 6.83. The summed E-state index contributed by atoms with van der Waals surface area (Å²) in [6, 6.07) is 10.8. The van der Waals surface area contributed by atoms with E-state index in [2.05, 4.69) is 27.2 Å². The van der Waals surface area contributed by atoms with E-state index in [1.165, 1.54) is 5.56 Å². The molecule has 3 atom stereocenters. The lowest BCUT2D eigenvalue weighted by Gasteiger charge is -2.34. The summed E-state index contributed by atoms with van der Waals surface area (Å²) < 4.78 is 17.6. The first kappa shape index (κ1) is 16.7. The van der Waals surface area contributed by atoms with Crippen LogP contribution in [0, 0.1) is 6.92 Å². The SMILES string of the molecule is Cc1nnc([C@@H]2CC[C@H]3[C@H](CCN3CCOCc3ccccc3)O2)o1. The first-order valence-corrected chi connectivity index (χ1v) is 9.11. The average molecular weight is 343 g/mol. The van der Waals surface area contributed by atoms with E-state index in [0.717, 1.165) is 39.0 Å². The van der Waals surface area contributed by atoms with Gasteiger partial charge in [-0.3, -0.25) is 4.90 Å². The number of rotatable bonds is 6. The monoisotopic (exact) mass is 343 g/mol. The molecule has 6 heteroatoms. The van der Waals surface area contributed by atoms with Gasteiger partial charge in [-0.2, -0.15) is 0 Å². The second-order valence-electron chi connectivity index (χ2n) is 6.83. The molecule has 0 spiro atoms. The largest absolute Gasteiger partial charge is 0.423 e. The fraction of sp³-hybridized carbons (Fsp3) is 0.579. The molecule has 2 fully saturated rings. The van der Waals surface area contributed by atoms with Crippen molar-refractivity contribution >= 4 is 0 Å². The lowest BCUT2D eigenvalue weighted by Crippen LogP contribution is -2.41. The maximum Gasteiger partial charge on any atom is 0.245 e. The van der Waals surface area contributed by atoms with Crippen LogP contribution in [0.15, 0.2) is 34.7 Å². The molecule has 0 N–H and O–H groups in total. The number of hydrogen-bond donors (Lipinski definition) is 0. The molecule has 1 aromatic carbocycles. The molecule has 1 aromatic heterocycles. The van der Waals surface area contributed by atoms with Gasteiger partial charge in [0.15, 0.2) is 0 Å². The van der Waals surface area contributed by atoms with Gasteiger partial charge < -0.3 is 13.9 Å². The highest BCUT2D eigenvalue weighted by atomic mass is 16.5. The second kappa shape index (κ2) is 7.64. The van der Waals surface area contributed by atoms with E-state index in [1.54, 1.807) is 0 Å². The van der Waals surface area contributed by atoms with Crippen LogP contribution in [0.5, 0.6) is 0 Å². The Morgan fingerprint density at radius 3 is 2.84 bits per heavy atom. The van der Waals surface area contributed by atoms with Crippen molar-refractivity contribution in [1.29, 1.82) is 0 Å². The van der Waals surface area contributed by atoms with Crippen molar-refractivity contribution in [3.8, 4) is 0 Å². The van der Waals surface area contributed by atoms with Crippen molar-refractivity contribution in [3.63, 3.8) is 0 Å². The number of aromatic nitrogens is 2. The van der Waals surface area contributed by atoms with Crippen molar-refractivity contribution in [3.05, 3.63) is 47.7 Å². The van der Waals surface area contributed by atoms with Crippen LogP contribution in [0.1, 0.15) is 42.7 Å². The number of nitrogens with zero attached hydrogens (tertiary/aromatic N) is 3. The summed E-state index contributed by atoms with van der Waals surface area (Å²) in [7, 11) is 0. The molecule has 2 aliphatic rings. The van der Waals surface area contributed by atoms with Crippen LogP contribution in [-0.2, 0) is 16.1 Å². The van der Waals surface area contributed by atoms with Crippen molar-refractivity contribution in [2.75, 3.05) is 19.7 Å². The molecule has 134 valence electrons. The highest BCUT2D eigenvalue weighted by Gasteiger charge is 2.41. The third-order valence-corrected chi connectivity index (χ3v) is 5.11. The summed E-state index contributed by atoms with van der Waals surface area (Å²) in [5.41, 5.74) is 1.22. The molecule has 0 amide bonds. The van der Waals surface area contributed by atoms with Crippen LogP contribution in [0.4, 0.5) is 0 Å². The highest BCUT2D eigenvalue weighted by Crippen LogP contribution is 2.37. The van der Waals surface area contributed by atoms with Gasteiger partial charge in [0.1, 0.15) is 6.10 Å². The van der Waals surface area contributed by atoms with Crippen LogP contribution in [0.3, 0.4) is 0 Å². The smallest absolute Gasteiger partial charge is 0.245 e. The van der Waals surface area contributed by atoms with Gasteiger partial charge in [-0.15, -0.1) is 10.2 Å². The maximum atomic E-state index is 6.24. The van der Waals surface area contributed by atoms with Crippen LogP contribution in [0.2, 0.25) is 0 Å². The lowest BCUT2D eigenvalue weighted by atomic mass is 9.99. The van der Waals surface area contributed by atoms with Crippen molar-refractivity contribution in [1.82, 2.24) is 15.1 Å². The predicted octanol–water partition coefficient (Wildman–Crippen LogP) is 2.89. The standard InChI is InChI=1S/C19H25N3O3/c1-14-20-21-19(24-14)18-8-7-16-17(25-18)9-10-22(16)11-12-23-13-15-5-3-2-4-6-15/h2-6,16-18H,7-13H2,1H3/t16-,17-,18-/m0/s1. The molecule has 0 aliphatic carbocycles. The number of benzene rings is 1. The Balaban J connectivity index is 1.23. The van der Waals surface area contributed by atoms with Crippen LogP contribution in [0.25, 0.3) is 0 Å². The number of aryl methyl sites for hydroxylation is 1. The first-order chi connectivity index (χ1) is 12.3. The Labute approximate surface area is 148 Å². The summed E-state index contributed by atoms with van der Waals surface area (Å²) in [6.45, 7) is 5.28. The van der Waals surface area contributed by atoms with E-state index in [4.69, 9.17) is 13.9 Å². The van der Waals surface area contributed by atoms with E-state index in [1.807, 2.05) is 25.1 Å². The zero-order valence-electron chi connectivity index (χ0n) is 14.6. The van der Waals surface area contributed by atoms with Gasteiger partial charge in [-0.05, 0) is 24.8 Å². The molecule has 0 unspecified atom stereocenters. The molecule has 0 radical (unpaired) electrons. The minimum Gasteiger partial charge on any atom is -0.423 e. The topological polar surface area (TPSA) is 60.6 Å². The van der Waals surface area contributed by atoms with E-state index >= 15 is 0 Å². The van der Waals surface area contributed by atoms with Gasteiger partial charge in [0.25, 0.3) is 0 Å². The van der Waals surface area contributed by atoms with Gasteiger partial charge in [0.05, 0.1) is 19.3 Å². The first-order valence-electron chi connectivity index (χ1n) is 9.11. The molecule has 2 aromatic rings. The zero-order chi connectivity index (χ0) is 17.1. The van der Waals surface area contributed by atoms with Gasteiger partial charge in [-0.25, -0.2) is 0 Å². The maximum absolute atomic E-state index is 6.24. The van der Waals surface area contributed by atoms with Crippen LogP contribution in [-0.4, -0.2) is 46.9 Å². The van der Waals surface area contributed by atoms with Gasteiger partial charge >= 0.3 is 0 Å². The predicted molar refractivity (Wildman–Crippen MR) is 92.0 cm³/mol. The van der Waals surface area contributed by atoms with Gasteiger partial charge in [-0.1, -0.05) is 30.3 Å². The molecule has 25 heavy (non-hydrogen) atoms. The summed E-state index contributed by atoms with van der Waals surface area (Å²) in [5.74, 6) is 1.23. The normalized spacial score (nSPS) is 26.7. The van der Waals surface area contributed by atoms with Gasteiger partial charge in [0.2, 0.25) is 11.8 Å². The van der Waals surface area contributed by atoms with E-state index in [9.17, 15) is 0 Å². The summed E-state index contributed by atoms with van der Waals surface area (Å²) in [4.78, 5) is 2.50. The summed E-state index contributed by atoms with van der Waals surface area (Å²) in [5, 5.41) is 8.03. The molecular weight excluding hydrogens is 318 g/mol. The average Bonchev–Trinajstić information content (AvgIpc) is 3.25. The molecule has 3 heterocycles. The van der Waals surface area contributed by atoms with Crippen LogP contribution < -0.4 is 0 Å². The minimum absolute atomic E-state index is 0.0447. The Bertz CT molecular complexity index is 676. The fourth-order valence-electron chi connectivity index (χ4n) is 3.86. The Morgan fingerprint density at radius 2 is 2.04 bits per heavy atom. The van der Waals surface area contributed by atoms with Crippen molar-refractivity contribution < 1.29 is 13.9 Å². The number of fused-ring (bicyclic) bond motifs is 1. The van der Waals surface area contributed by atoms with Crippen LogP contribution >= 0.6 is 0 Å². The third kappa shape index (κ3) is 3.92. The minimum atomic E-state index is -0.0447. The molecule has 0 bridgehead atoms. The Hall–Kier alpha value is -1.76. The quantitative estimate of drug-likeness (QED) is 0.752.